The molecule has 0 spiro atoms. The predicted octanol–water partition coefficient (Wildman–Crippen LogP) is 3.47. The molecule has 0 aliphatic carbocycles. The summed E-state index contributed by atoms with van der Waals surface area (Å²) in [6.07, 6.45) is -3.53. The smallest absolute Gasteiger partial charge is 0.417 e. The molecule has 0 amide bonds. The van der Waals surface area contributed by atoms with Crippen LogP contribution in [0.1, 0.15) is 24.5 Å². The van der Waals surface area contributed by atoms with Crippen molar-refractivity contribution >= 4 is 17.7 Å². The van der Waals surface area contributed by atoms with E-state index in [1.807, 2.05) is 6.92 Å². The van der Waals surface area contributed by atoms with E-state index in [4.69, 9.17) is 0 Å². The molecule has 0 unspecified atom stereocenters. The predicted molar refractivity (Wildman–Crippen MR) is 76.2 cm³/mol. The summed E-state index contributed by atoms with van der Waals surface area (Å²) in [6, 6.07) is 4.17. The minimum absolute atomic E-state index is 0.0344. The number of carbonyl (C=O) groups is 1. The average Bonchev–Trinajstić information content (AvgIpc) is 2.44. The van der Waals surface area contributed by atoms with E-state index in [-0.39, 0.29) is 10.6 Å². The number of alkyl halides is 3. The SMILES string of the molecule is CCCNCc1ccc(SCC(=O)OC)c(C(F)(F)F)c1. The molecule has 1 aromatic rings. The van der Waals surface area contributed by atoms with Gasteiger partial charge in [-0.05, 0) is 30.7 Å². The van der Waals surface area contributed by atoms with Crippen molar-refractivity contribution in [2.45, 2.75) is 31.0 Å². The van der Waals surface area contributed by atoms with Crippen molar-refractivity contribution in [3.63, 3.8) is 0 Å². The van der Waals surface area contributed by atoms with Crippen molar-refractivity contribution in [3.05, 3.63) is 29.3 Å². The summed E-state index contributed by atoms with van der Waals surface area (Å²) in [6.45, 7) is 3.12. The van der Waals surface area contributed by atoms with Gasteiger partial charge in [-0.15, -0.1) is 11.8 Å². The first-order valence-electron chi connectivity index (χ1n) is 6.49. The zero-order chi connectivity index (χ0) is 15.9. The highest BCUT2D eigenvalue weighted by Gasteiger charge is 2.33. The number of hydrogen-bond acceptors (Lipinski definition) is 4. The maximum absolute atomic E-state index is 13.1. The highest BCUT2D eigenvalue weighted by molar-refractivity contribution is 8.00. The van der Waals surface area contributed by atoms with Crippen LogP contribution in [0.15, 0.2) is 23.1 Å². The van der Waals surface area contributed by atoms with Crippen LogP contribution in [-0.2, 0) is 22.3 Å². The second kappa shape index (κ2) is 8.29. The van der Waals surface area contributed by atoms with Crippen LogP contribution >= 0.6 is 11.8 Å². The molecule has 21 heavy (non-hydrogen) atoms. The van der Waals surface area contributed by atoms with Crippen LogP contribution in [0.4, 0.5) is 13.2 Å². The number of halogens is 3. The molecule has 0 atom stereocenters. The fraction of sp³-hybridized carbons (Fsp3) is 0.500. The van der Waals surface area contributed by atoms with Crippen LogP contribution in [0.25, 0.3) is 0 Å². The molecule has 118 valence electrons. The van der Waals surface area contributed by atoms with Gasteiger partial charge in [0, 0.05) is 11.4 Å². The molecule has 0 aliphatic heterocycles. The topological polar surface area (TPSA) is 38.3 Å². The first kappa shape index (κ1) is 17.8. The van der Waals surface area contributed by atoms with Crippen LogP contribution in [0, 0.1) is 0 Å². The maximum atomic E-state index is 13.1. The molecule has 0 radical (unpaired) electrons. The maximum Gasteiger partial charge on any atom is 0.417 e. The van der Waals surface area contributed by atoms with Crippen molar-refractivity contribution in [2.75, 3.05) is 19.4 Å². The number of benzene rings is 1. The Bertz CT molecular complexity index is 478. The summed E-state index contributed by atoms with van der Waals surface area (Å²) in [5.41, 5.74) is -0.148. The van der Waals surface area contributed by atoms with E-state index in [9.17, 15) is 18.0 Å². The van der Waals surface area contributed by atoms with Gasteiger partial charge in [0.2, 0.25) is 0 Å². The normalized spacial score (nSPS) is 11.5. The second-order valence-electron chi connectivity index (χ2n) is 4.37. The summed E-state index contributed by atoms with van der Waals surface area (Å²) in [4.78, 5) is 11.1. The highest BCUT2D eigenvalue weighted by Crippen LogP contribution is 2.37. The molecular weight excluding hydrogens is 303 g/mol. The van der Waals surface area contributed by atoms with Crippen LogP contribution in [-0.4, -0.2) is 25.4 Å². The van der Waals surface area contributed by atoms with Crippen molar-refractivity contribution in [2.24, 2.45) is 0 Å². The summed E-state index contributed by atoms with van der Waals surface area (Å²) >= 11 is 0.829. The van der Waals surface area contributed by atoms with E-state index in [0.29, 0.717) is 12.1 Å². The fourth-order valence-corrected chi connectivity index (χ4v) is 2.53. The standard InChI is InChI=1S/C14H18F3NO2S/c1-3-6-18-8-10-4-5-12(21-9-13(19)20-2)11(7-10)14(15,16)17/h4-5,7,18H,3,6,8-9H2,1-2H3. The summed E-state index contributed by atoms with van der Waals surface area (Å²) in [5, 5.41) is 3.06. The molecule has 7 heteroatoms. The molecule has 0 fully saturated rings. The van der Waals surface area contributed by atoms with Crippen molar-refractivity contribution in [1.29, 1.82) is 0 Å². The number of nitrogens with one attached hydrogen (secondary N) is 1. The third-order valence-corrected chi connectivity index (χ3v) is 3.73. The zero-order valence-electron chi connectivity index (χ0n) is 11.9. The largest absolute Gasteiger partial charge is 0.468 e. The summed E-state index contributed by atoms with van der Waals surface area (Å²) < 4.78 is 43.7. The fourth-order valence-electron chi connectivity index (χ4n) is 1.64. The lowest BCUT2D eigenvalue weighted by Crippen LogP contribution is -2.15. The number of ether oxygens (including phenoxy) is 1. The Kier molecular flexibility index (Phi) is 7.04. The van der Waals surface area contributed by atoms with Gasteiger partial charge < -0.3 is 10.1 Å². The van der Waals surface area contributed by atoms with E-state index in [0.717, 1.165) is 30.8 Å². The highest BCUT2D eigenvalue weighted by atomic mass is 32.2. The Hall–Kier alpha value is -1.21. The minimum atomic E-state index is -4.45. The van der Waals surface area contributed by atoms with Gasteiger partial charge in [-0.1, -0.05) is 13.0 Å². The molecule has 0 heterocycles. The Morgan fingerprint density at radius 3 is 2.67 bits per heavy atom. The van der Waals surface area contributed by atoms with Crippen molar-refractivity contribution in [3.8, 4) is 0 Å². The van der Waals surface area contributed by atoms with Crippen LogP contribution in [0.5, 0.6) is 0 Å². The quantitative estimate of drug-likeness (QED) is 0.474. The lowest BCUT2D eigenvalue weighted by Gasteiger charge is -2.14. The van der Waals surface area contributed by atoms with E-state index in [1.165, 1.54) is 13.2 Å². The number of thioether (sulfide) groups is 1. The van der Waals surface area contributed by atoms with E-state index in [1.54, 1.807) is 6.07 Å². The van der Waals surface area contributed by atoms with E-state index in [2.05, 4.69) is 10.1 Å². The van der Waals surface area contributed by atoms with Gasteiger partial charge in [0.1, 0.15) is 0 Å². The van der Waals surface area contributed by atoms with Gasteiger partial charge in [0.15, 0.2) is 0 Å². The molecule has 0 saturated heterocycles. The van der Waals surface area contributed by atoms with E-state index >= 15 is 0 Å². The van der Waals surface area contributed by atoms with Gasteiger partial charge >= 0.3 is 12.1 Å². The second-order valence-corrected chi connectivity index (χ2v) is 5.39. The first-order valence-corrected chi connectivity index (χ1v) is 7.47. The number of hydrogen-bond donors (Lipinski definition) is 1. The lowest BCUT2D eigenvalue weighted by molar-refractivity contribution is -0.140. The number of carbonyl (C=O) groups excluding carboxylic acids is 1. The average molecular weight is 321 g/mol. The third-order valence-electron chi connectivity index (χ3n) is 2.68. The zero-order valence-corrected chi connectivity index (χ0v) is 12.7. The van der Waals surface area contributed by atoms with Gasteiger partial charge in [-0.3, -0.25) is 4.79 Å². The van der Waals surface area contributed by atoms with Gasteiger partial charge in [-0.2, -0.15) is 13.2 Å². The molecule has 3 nitrogen and oxygen atoms in total. The summed E-state index contributed by atoms with van der Waals surface area (Å²) in [7, 11) is 1.20. The Morgan fingerprint density at radius 2 is 2.10 bits per heavy atom. The van der Waals surface area contributed by atoms with Crippen LogP contribution in [0.3, 0.4) is 0 Å². The van der Waals surface area contributed by atoms with Crippen molar-refractivity contribution in [1.82, 2.24) is 5.32 Å². The summed E-state index contributed by atoms with van der Waals surface area (Å²) in [5.74, 6) is -0.700. The molecule has 0 aliphatic rings. The first-order chi connectivity index (χ1) is 9.88. The Morgan fingerprint density at radius 1 is 1.38 bits per heavy atom. The van der Waals surface area contributed by atoms with Crippen LogP contribution in [0.2, 0.25) is 0 Å². The Labute approximate surface area is 126 Å². The van der Waals surface area contributed by atoms with Crippen LogP contribution < -0.4 is 5.32 Å². The lowest BCUT2D eigenvalue weighted by atomic mass is 10.1. The number of rotatable bonds is 7. The molecule has 1 rings (SSSR count). The Balaban J connectivity index is 2.89. The van der Waals surface area contributed by atoms with Gasteiger partial charge in [0.25, 0.3) is 0 Å². The minimum Gasteiger partial charge on any atom is -0.468 e. The van der Waals surface area contributed by atoms with Gasteiger partial charge in [-0.25, -0.2) is 0 Å². The molecule has 0 bridgehead atoms. The molecule has 1 N–H and O–H groups in total. The van der Waals surface area contributed by atoms with E-state index < -0.39 is 17.7 Å². The number of methoxy groups -OCH3 is 1. The van der Waals surface area contributed by atoms with Gasteiger partial charge in [0.05, 0.1) is 18.4 Å². The molecule has 0 aromatic heterocycles. The molecule has 1 aromatic carbocycles. The third kappa shape index (κ3) is 5.97. The molecule has 0 saturated carbocycles. The monoisotopic (exact) mass is 321 g/mol. The molecular formula is C14H18F3NO2S. The number of esters is 1. The van der Waals surface area contributed by atoms with Crippen molar-refractivity contribution < 1.29 is 22.7 Å².